The molecular weight excluding hydrogens is 320 g/mol. The van der Waals surface area contributed by atoms with Crippen molar-refractivity contribution < 1.29 is 23.1 Å². The molecule has 23 heavy (non-hydrogen) atoms. The molecule has 2 heterocycles. The highest BCUT2D eigenvalue weighted by molar-refractivity contribution is 7.89. The molecule has 0 aromatic heterocycles. The second kappa shape index (κ2) is 7.61. The number of hydrogen-bond acceptors (Lipinski definition) is 4. The number of carboxylic acids is 1. The Kier molecular flexibility index (Phi) is 6.02. The quantitative estimate of drug-likeness (QED) is 0.771. The lowest BCUT2D eigenvalue weighted by molar-refractivity contribution is -0.146. The second-order valence-electron chi connectivity index (χ2n) is 6.38. The van der Waals surface area contributed by atoms with Crippen LogP contribution in [0.5, 0.6) is 0 Å². The number of hydrogen-bond donors (Lipinski definition) is 1. The first-order valence-electron chi connectivity index (χ1n) is 8.38. The predicted molar refractivity (Wildman–Crippen MR) is 85.4 cm³/mol. The lowest BCUT2D eigenvalue weighted by atomic mass is 9.96. The van der Waals surface area contributed by atoms with Gasteiger partial charge in [0.1, 0.15) is 6.04 Å². The molecule has 7 nitrogen and oxygen atoms in total. The number of rotatable bonds is 6. The van der Waals surface area contributed by atoms with E-state index in [1.165, 1.54) is 4.31 Å². The highest BCUT2D eigenvalue weighted by atomic mass is 32.2. The van der Waals surface area contributed by atoms with Gasteiger partial charge >= 0.3 is 5.97 Å². The van der Waals surface area contributed by atoms with Crippen molar-refractivity contribution >= 4 is 21.9 Å². The van der Waals surface area contributed by atoms with Crippen molar-refractivity contribution in [2.24, 2.45) is 5.92 Å². The largest absolute Gasteiger partial charge is 0.481 e. The van der Waals surface area contributed by atoms with Crippen LogP contribution in [-0.4, -0.2) is 66.0 Å². The van der Waals surface area contributed by atoms with Gasteiger partial charge in [0.15, 0.2) is 0 Å². The van der Waals surface area contributed by atoms with Gasteiger partial charge in [-0.2, -0.15) is 4.31 Å². The molecule has 0 saturated carbocycles. The van der Waals surface area contributed by atoms with Crippen molar-refractivity contribution in [3.05, 3.63) is 0 Å². The van der Waals surface area contributed by atoms with Crippen molar-refractivity contribution in [2.45, 2.75) is 51.5 Å². The molecule has 0 bridgehead atoms. The van der Waals surface area contributed by atoms with Crippen LogP contribution in [-0.2, 0) is 19.6 Å². The smallest absolute Gasteiger partial charge is 0.306 e. The average molecular weight is 346 g/mol. The maximum absolute atomic E-state index is 12.7. The maximum Gasteiger partial charge on any atom is 0.306 e. The van der Waals surface area contributed by atoms with Crippen LogP contribution >= 0.6 is 0 Å². The Labute approximate surface area is 137 Å². The van der Waals surface area contributed by atoms with Gasteiger partial charge in [-0.05, 0) is 32.1 Å². The van der Waals surface area contributed by atoms with Crippen molar-refractivity contribution in [3.8, 4) is 0 Å². The zero-order valence-electron chi connectivity index (χ0n) is 13.6. The van der Waals surface area contributed by atoms with E-state index >= 15 is 0 Å². The molecule has 2 fully saturated rings. The van der Waals surface area contributed by atoms with Gasteiger partial charge in [-0.1, -0.05) is 13.3 Å². The number of amides is 1. The van der Waals surface area contributed by atoms with E-state index in [1.54, 1.807) is 4.90 Å². The minimum absolute atomic E-state index is 0.0916. The molecule has 1 atom stereocenters. The Bertz CT molecular complexity index is 540. The first kappa shape index (κ1) is 18.2. The molecule has 0 aliphatic carbocycles. The Hall–Kier alpha value is -1.15. The summed E-state index contributed by atoms with van der Waals surface area (Å²) in [6.45, 7) is 3.15. The van der Waals surface area contributed by atoms with Crippen LogP contribution in [0.15, 0.2) is 0 Å². The van der Waals surface area contributed by atoms with E-state index in [9.17, 15) is 18.0 Å². The number of carboxylic acid groups (broad SMARTS) is 1. The summed E-state index contributed by atoms with van der Waals surface area (Å²) in [5.74, 6) is -1.28. The van der Waals surface area contributed by atoms with Crippen LogP contribution < -0.4 is 0 Å². The average Bonchev–Trinajstić information content (AvgIpc) is 3.03. The van der Waals surface area contributed by atoms with E-state index in [4.69, 9.17) is 5.11 Å². The van der Waals surface area contributed by atoms with Gasteiger partial charge in [0.05, 0.1) is 11.7 Å². The fraction of sp³-hybridized carbons (Fsp3) is 0.867. The molecule has 132 valence electrons. The number of piperidine rings is 1. The number of sulfonamides is 1. The number of carbonyl (C=O) groups is 2. The van der Waals surface area contributed by atoms with Crippen LogP contribution in [0.2, 0.25) is 0 Å². The molecular formula is C15H26N2O5S. The van der Waals surface area contributed by atoms with Gasteiger partial charge in [0.2, 0.25) is 15.9 Å². The van der Waals surface area contributed by atoms with Crippen molar-refractivity contribution in [3.63, 3.8) is 0 Å². The van der Waals surface area contributed by atoms with Gasteiger partial charge < -0.3 is 10.0 Å². The van der Waals surface area contributed by atoms with Crippen LogP contribution in [0, 0.1) is 5.92 Å². The minimum Gasteiger partial charge on any atom is -0.481 e. The first-order chi connectivity index (χ1) is 10.9. The second-order valence-corrected chi connectivity index (χ2v) is 8.42. The van der Waals surface area contributed by atoms with E-state index in [0.717, 1.165) is 6.42 Å². The van der Waals surface area contributed by atoms with Crippen molar-refractivity contribution in [1.82, 2.24) is 9.21 Å². The molecule has 0 radical (unpaired) electrons. The predicted octanol–water partition coefficient (Wildman–Crippen LogP) is 0.904. The zero-order valence-corrected chi connectivity index (χ0v) is 14.4. The molecule has 1 amide bonds. The molecule has 0 spiro atoms. The fourth-order valence-corrected chi connectivity index (χ4v) is 5.20. The maximum atomic E-state index is 12.7. The summed E-state index contributed by atoms with van der Waals surface area (Å²) in [4.78, 5) is 25.3. The number of carbonyl (C=O) groups excluding carboxylic acids is 1. The van der Waals surface area contributed by atoms with Crippen molar-refractivity contribution in [2.75, 3.05) is 25.4 Å². The molecule has 8 heteroatoms. The molecule has 0 aromatic carbocycles. The molecule has 2 aliphatic heterocycles. The lowest BCUT2D eigenvalue weighted by Crippen LogP contribution is -2.50. The monoisotopic (exact) mass is 346 g/mol. The van der Waals surface area contributed by atoms with Crippen LogP contribution in [0.4, 0.5) is 0 Å². The fourth-order valence-electron chi connectivity index (χ4n) is 3.32. The highest BCUT2D eigenvalue weighted by Gasteiger charge is 2.41. The summed E-state index contributed by atoms with van der Waals surface area (Å²) in [5.41, 5.74) is 0. The number of nitrogens with zero attached hydrogens (tertiary/aromatic N) is 2. The van der Waals surface area contributed by atoms with E-state index in [1.807, 2.05) is 6.92 Å². The Balaban J connectivity index is 2.00. The zero-order chi connectivity index (χ0) is 17.0. The third-order valence-corrected chi connectivity index (χ3v) is 6.71. The Morgan fingerprint density at radius 2 is 1.78 bits per heavy atom. The van der Waals surface area contributed by atoms with E-state index < -0.39 is 28.0 Å². The SMILES string of the molecule is CCCCS(=O)(=O)N1CCCC1C(=O)N1CCC(C(=O)O)CC1. The van der Waals surface area contributed by atoms with Gasteiger partial charge in [-0.15, -0.1) is 0 Å². The Morgan fingerprint density at radius 3 is 2.35 bits per heavy atom. The van der Waals surface area contributed by atoms with E-state index in [-0.39, 0.29) is 11.7 Å². The third-order valence-electron chi connectivity index (χ3n) is 4.76. The number of likely N-dealkylation sites (tertiary alicyclic amines) is 1. The topological polar surface area (TPSA) is 95.0 Å². The highest BCUT2D eigenvalue weighted by Crippen LogP contribution is 2.26. The molecule has 2 aliphatic rings. The van der Waals surface area contributed by atoms with Gasteiger partial charge in [-0.3, -0.25) is 9.59 Å². The summed E-state index contributed by atoms with van der Waals surface area (Å²) in [6, 6.07) is -0.599. The van der Waals surface area contributed by atoms with Gasteiger partial charge in [0, 0.05) is 19.6 Å². The Morgan fingerprint density at radius 1 is 1.13 bits per heavy atom. The number of unbranched alkanes of at least 4 members (excludes halogenated alkanes) is 1. The normalized spacial score (nSPS) is 24.0. The third kappa shape index (κ3) is 4.23. The standard InChI is InChI=1S/C15H26N2O5S/c1-2-3-11-23(21,22)17-8-4-5-13(17)14(18)16-9-6-12(7-10-16)15(19)20/h12-13H,2-11H2,1H3,(H,19,20). The molecule has 0 aromatic rings. The summed E-state index contributed by atoms with van der Waals surface area (Å²) >= 11 is 0. The summed E-state index contributed by atoms with van der Waals surface area (Å²) in [7, 11) is -3.39. The summed E-state index contributed by atoms with van der Waals surface area (Å²) in [6.07, 6.45) is 3.54. The van der Waals surface area contributed by atoms with Crippen molar-refractivity contribution in [1.29, 1.82) is 0 Å². The molecule has 2 rings (SSSR count). The molecule has 1 unspecified atom stereocenters. The first-order valence-corrected chi connectivity index (χ1v) is 9.99. The summed E-state index contributed by atoms with van der Waals surface area (Å²) in [5, 5.41) is 9.01. The van der Waals surface area contributed by atoms with Crippen LogP contribution in [0.3, 0.4) is 0 Å². The van der Waals surface area contributed by atoms with Crippen LogP contribution in [0.1, 0.15) is 45.4 Å². The van der Waals surface area contributed by atoms with E-state index in [2.05, 4.69) is 0 Å². The summed E-state index contributed by atoms with van der Waals surface area (Å²) < 4.78 is 26.2. The molecule has 1 N–H and O–H groups in total. The van der Waals surface area contributed by atoms with Crippen LogP contribution in [0.25, 0.3) is 0 Å². The van der Waals surface area contributed by atoms with E-state index in [0.29, 0.717) is 51.7 Å². The minimum atomic E-state index is -3.39. The van der Waals surface area contributed by atoms with Gasteiger partial charge in [-0.25, -0.2) is 8.42 Å². The van der Waals surface area contributed by atoms with Gasteiger partial charge in [0.25, 0.3) is 0 Å². The molecule has 2 saturated heterocycles. The lowest BCUT2D eigenvalue weighted by Gasteiger charge is -2.34. The number of aliphatic carboxylic acids is 1.